The van der Waals surface area contributed by atoms with Crippen LogP contribution in [0.15, 0.2) is 17.4 Å². The molecule has 42 heavy (non-hydrogen) atoms. The van der Waals surface area contributed by atoms with Gasteiger partial charge >= 0.3 is 7.80 Å². The maximum atomic E-state index is 11.7. The van der Waals surface area contributed by atoms with Crippen molar-refractivity contribution in [2.75, 3.05) is 29.6 Å². The van der Waals surface area contributed by atoms with Crippen LogP contribution in [0.2, 0.25) is 5.15 Å². The van der Waals surface area contributed by atoms with E-state index < -0.39 is 25.3 Å². The number of hydrogen-bond acceptors (Lipinski definition) is 15. The van der Waals surface area contributed by atoms with E-state index in [-0.39, 0.29) is 38.3 Å². The number of imidazole rings is 2. The standard InChI is InChI=1S/C10H12ClN5OPS2.C9H12N5O4PS2.H3N/c1-18(17)10-19-3-5(20-10)2-16-4-13-6-7(11)14-9(12)15-8(6)16;10-8-12-6-5(7(15)13-8)11-3-14(6)1-4-2-20-9(21-4)19(16,17)18;/h4-5,10H,2-3H2,1H3,(H2,12,14,15);3-4,9H,1-2H2,(H2,16,17,18)(H3,10,12,13,15);1H3/q+1;;. The average Bonchev–Trinajstić information content (AvgIpc) is 3.68. The molecule has 4 aromatic heterocycles. The van der Waals surface area contributed by atoms with Gasteiger partial charge < -0.3 is 41.1 Å². The Balaban J connectivity index is 0.000000189. The van der Waals surface area contributed by atoms with Gasteiger partial charge in [0.2, 0.25) is 16.2 Å². The van der Waals surface area contributed by atoms with E-state index in [0.29, 0.717) is 34.4 Å². The van der Waals surface area contributed by atoms with Crippen LogP contribution in [0.4, 0.5) is 11.9 Å². The molecule has 23 heteroatoms. The molecule has 2 fully saturated rings. The number of anilines is 2. The van der Waals surface area contributed by atoms with Crippen LogP contribution in [0, 0.1) is 0 Å². The number of nitrogens with zero attached hydrogens (tertiary/aromatic N) is 7. The molecule has 16 nitrogen and oxygen atoms in total. The number of H-pyrrole nitrogens is 1. The Morgan fingerprint density at radius 2 is 1.69 bits per heavy atom. The Kier molecular flexibility index (Phi) is 10.8. The first-order valence-corrected chi connectivity index (χ1v) is 19.5. The molecule has 6 unspecified atom stereocenters. The lowest BCUT2D eigenvalue weighted by Crippen LogP contribution is -2.16. The maximum Gasteiger partial charge on any atom is 0.360 e. The number of nitrogen functional groups attached to an aromatic ring is 2. The summed E-state index contributed by atoms with van der Waals surface area (Å²) in [6.07, 6.45) is 3.18. The van der Waals surface area contributed by atoms with Crippen LogP contribution in [-0.4, -0.2) is 81.2 Å². The summed E-state index contributed by atoms with van der Waals surface area (Å²) >= 11 is 11.9. The summed E-state index contributed by atoms with van der Waals surface area (Å²) in [4.78, 5) is 54.6. The second-order valence-electron chi connectivity index (χ2n) is 8.87. The Hall–Kier alpha value is -1.60. The molecular formula is C19H27ClN11O5P2S4+. The molecule has 4 aromatic rings. The van der Waals surface area contributed by atoms with Crippen LogP contribution >= 0.6 is 74.0 Å². The summed E-state index contributed by atoms with van der Waals surface area (Å²) in [6.45, 7) is 2.96. The van der Waals surface area contributed by atoms with Crippen LogP contribution in [0.25, 0.3) is 22.3 Å². The molecule has 0 bridgehead atoms. The van der Waals surface area contributed by atoms with Gasteiger partial charge in [0.1, 0.15) is 16.5 Å². The molecular weight excluding hydrogens is 688 g/mol. The highest BCUT2D eigenvalue weighted by Crippen LogP contribution is 2.56. The monoisotopic (exact) mass is 714 g/mol. The molecule has 6 rings (SSSR count). The van der Waals surface area contributed by atoms with Gasteiger partial charge in [0.25, 0.3) is 5.56 Å². The summed E-state index contributed by atoms with van der Waals surface area (Å²) in [5.41, 5.74) is 12.5. The smallest absolute Gasteiger partial charge is 0.360 e. The van der Waals surface area contributed by atoms with Crippen molar-refractivity contribution in [3.63, 3.8) is 0 Å². The zero-order valence-corrected chi connectivity index (χ0v) is 27.9. The minimum atomic E-state index is -4.34. The van der Waals surface area contributed by atoms with Gasteiger partial charge in [0, 0.05) is 35.1 Å². The molecule has 2 aliphatic rings. The number of aromatic amines is 1. The Labute approximate surface area is 261 Å². The summed E-state index contributed by atoms with van der Waals surface area (Å²) in [5.74, 6) is 1.69. The van der Waals surface area contributed by atoms with Crippen LogP contribution < -0.4 is 28.1 Å². The van der Waals surface area contributed by atoms with Crippen LogP contribution in [0.1, 0.15) is 0 Å². The highest BCUT2D eigenvalue weighted by Gasteiger charge is 2.37. The fourth-order valence-electron chi connectivity index (χ4n) is 4.02. The van der Waals surface area contributed by atoms with Gasteiger partial charge in [-0.1, -0.05) is 39.7 Å². The van der Waals surface area contributed by atoms with E-state index in [9.17, 15) is 18.8 Å². The van der Waals surface area contributed by atoms with Crippen LogP contribution in [-0.2, 0) is 22.2 Å². The van der Waals surface area contributed by atoms with Crippen molar-refractivity contribution < 1.29 is 18.9 Å². The lowest BCUT2D eigenvalue weighted by atomic mass is 10.4. The van der Waals surface area contributed by atoms with Gasteiger partial charge in [-0.15, -0.1) is 23.5 Å². The number of nitrogens with one attached hydrogen (secondary N) is 1. The first-order valence-electron chi connectivity index (χ1n) is 11.7. The highest BCUT2D eigenvalue weighted by atomic mass is 35.5. The van der Waals surface area contributed by atoms with Gasteiger partial charge in [0.05, 0.1) is 12.7 Å². The third kappa shape index (κ3) is 7.54. The SMILES string of the molecule is C[P+](=O)C1SCC(Cn2cnc3c(Cl)nc(N)nc32)S1.Nc1nc2c(ncn2CC2CSC(P(=O)([O-])O)S2)c(=O)[nH]1.[NH4+]. The van der Waals surface area contributed by atoms with Crippen molar-refractivity contribution in [3.8, 4) is 0 Å². The molecule has 0 saturated carbocycles. The minimum Gasteiger partial charge on any atom is -0.777 e. The topological polar surface area (TPSA) is 273 Å². The number of thioether (sulfide) groups is 4. The molecule has 6 atom stereocenters. The molecule has 0 radical (unpaired) electrons. The van der Waals surface area contributed by atoms with E-state index in [1.807, 2.05) is 4.57 Å². The normalized spacial score (nSPS) is 23.8. The quantitative estimate of drug-likeness (QED) is 0.142. The summed E-state index contributed by atoms with van der Waals surface area (Å²) in [6, 6.07) is 0. The largest absolute Gasteiger partial charge is 0.777 e. The molecule has 0 amide bonds. The number of quaternary nitrogens is 1. The average molecular weight is 715 g/mol. The fourth-order valence-corrected chi connectivity index (χ4v) is 13.9. The van der Waals surface area contributed by atoms with Crippen molar-refractivity contribution in [2.24, 2.45) is 0 Å². The van der Waals surface area contributed by atoms with Crippen molar-refractivity contribution in [1.82, 2.24) is 45.2 Å². The van der Waals surface area contributed by atoms with E-state index in [1.165, 1.54) is 29.9 Å². The number of rotatable bonds is 6. The van der Waals surface area contributed by atoms with Crippen molar-refractivity contribution in [2.45, 2.75) is 32.2 Å². The van der Waals surface area contributed by atoms with Gasteiger partial charge in [-0.3, -0.25) is 9.78 Å². The zero-order valence-electron chi connectivity index (χ0n) is 22.1. The number of hydrogen-bond donors (Lipinski definition) is 5. The molecule has 0 spiro atoms. The number of aromatic nitrogens is 8. The molecule has 6 heterocycles. The summed E-state index contributed by atoms with van der Waals surface area (Å²) in [5, 5.41) is 0.625. The Morgan fingerprint density at radius 3 is 2.29 bits per heavy atom. The fraction of sp³-hybridized carbons (Fsp3) is 0.474. The number of halogens is 1. The van der Waals surface area contributed by atoms with Gasteiger partial charge in [-0.05, 0) is 0 Å². The third-order valence-electron chi connectivity index (χ3n) is 5.76. The minimum absolute atomic E-state index is 0. The Bertz CT molecular complexity index is 1720. The van der Waals surface area contributed by atoms with E-state index in [4.69, 9.17) is 28.0 Å². The van der Waals surface area contributed by atoms with Crippen molar-refractivity contribution >= 4 is 108 Å². The zero-order chi connectivity index (χ0) is 29.5. The second-order valence-corrected chi connectivity index (χ2v) is 19.6. The predicted molar refractivity (Wildman–Crippen MR) is 172 cm³/mol. The lowest BCUT2D eigenvalue weighted by Gasteiger charge is -2.21. The highest BCUT2D eigenvalue weighted by molar-refractivity contribution is 8.26. The van der Waals surface area contributed by atoms with Crippen molar-refractivity contribution in [1.29, 1.82) is 0 Å². The second kappa shape index (κ2) is 13.6. The summed E-state index contributed by atoms with van der Waals surface area (Å²) in [7, 11) is -5.50. The first-order chi connectivity index (χ1) is 19.4. The van der Waals surface area contributed by atoms with Crippen LogP contribution in [0.5, 0.6) is 0 Å². The predicted octanol–water partition coefficient (Wildman–Crippen LogP) is 2.41. The molecule has 0 aromatic carbocycles. The molecule has 228 valence electrons. The Morgan fingerprint density at radius 1 is 1.10 bits per heavy atom. The lowest BCUT2D eigenvalue weighted by molar-refractivity contribution is -0.192. The van der Waals surface area contributed by atoms with Gasteiger partial charge in [-0.25, -0.2) is 9.97 Å². The maximum absolute atomic E-state index is 11.7. The van der Waals surface area contributed by atoms with Crippen molar-refractivity contribution in [3.05, 3.63) is 28.2 Å². The number of fused-ring (bicyclic) bond motifs is 2. The third-order valence-corrected chi connectivity index (χ3v) is 17.7. The van der Waals surface area contributed by atoms with Gasteiger partial charge in [0.15, 0.2) is 29.6 Å². The summed E-state index contributed by atoms with van der Waals surface area (Å²) < 4.78 is 25.6. The molecule has 0 aliphatic carbocycles. The molecule has 2 aliphatic heterocycles. The molecule has 2 saturated heterocycles. The first kappa shape index (κ1) is 33.3. The van der Waals surface area contributed by atoms with E-state index >= 15 is 0 Å². The van der Waals surface area contributed by atoms with Crippen LogP contribution in [0.3, 0.4) is 0 Å². The van der Waals surface area contributed by atoms with Gasteiger partial charge in [-0.2, -0.15) is 15.0 Å². The molecule has 10 N–H and O–H groups in total. The van der Waals surface area contributed by atoms with E-state index in [0.717, 1.165) is 12.3 Å². The van der Waals surface area contributed by atoms with E-state index in [2.05, 4.69) is 29.9 Å². The van der Waals surface area contributed by atoms with E-state index in [1.54, 1.807) is 41.1 Å². The number of nitrogens with two attached hydrogens (primary N) is 2.